The molecule has 4 nitrogen and oxygen atoms in total. The van der Waals surface area contributed by atoms with Crippen molar-refractivity contribution < 1.29 is 18.2 Å². The highest BCUT2D eigenvalue weighted by atomic mass is 35.5. The Hall–Kier alpha value is -1.50. The van der Waals surface area contributed by atoms with Crippen LogP contribution in [0.3, 0.4) is 0 Å². The number of halogens is 4. The fourth-order valence-corrected chi connectivity index (χ4v) is 1.12. The molecule has 0 radical (unpaired) electrons. The molecule has 0 atom stereocenters. The molecule has 1 aromatic rings. The summed E-state index contributed by atoms with van der Waals surface area (Å²) in [6.45, 7) is 0. The molecule has 0 saturated carbocycles. The van der Waals surface area contributed by atoms with Gasteiger partial charge in [-0.15, -0.1) is 5.43 Å². The molecule has 0 fully saturated rings. The largest absolute Gasteiger partial charge is 0.418 e. The van der Waals surface area contributed by atoms with Gasteiger partial charge in [-0.05, 0) is 18.2 Å². The lowest BCUT2D eigenvalue weighted by molar-refractivity contribution is -0.445. The number of hydrogen-bond donors (Lipinski definition) is 1. The number of nitrogens with one attached hydrogen (secondary N) is 1. The molecule has 0 saturated heterocycles. The number of anilines is 1. The second-order valence-corrected chi connectivity index (χ2v) is 2.99. The Kier molecular flexibility index (Phi) is 3.04. The minimum atomic E-state index is -4.69. The summed E-state index contributed by atoms with van der Waals surface area (Å²) in [6, 6.07) is 2.64. The minimum Gasteiger partial charge on any atom is -0.235 e. The molecule has 0 amide bonds. The van der Waals surface area contributed by atoms with Gasteiger partial charge in [-0.25, -0.2) is 10.1 Å². The normalized spacial score (nSPS) is 11.2. The number of benzene rings is 1. The standard InChI is InChI=1S/C7H4ClF3N2O2/c8-4-1-2-6(12-13(14)15)5(3-4)7(9,10)11/h1-3,12H. The third kappa shape index (κ3) is 2.98. The number of hydrazine groups is 1. The van der Waals surface area contributed by atoms with Gasteiger partial charge in [0.25, 0.3) is 0 Å². The Labute approximate surface area is 86.8 Å². The first-order valence-corrected chi connectivity index (χ1v) is 3.96. The topological polar surface area (TPSA) is 55.2 Å². The average molecular weight is 241 g/mol. The first-order chi connectivity index (χ1) is 6.80. The predicted molar refractivity (Wildman–Crippen MR) is 47.1 cm³/mol. The van der Waals surface area contributed by atoms with Crippen LogP contribution in [-0.4, -0.2) is 5.03 Å². The molecule has 0 unspecified atom stereocenters. The zero-order valence-corrected chi connectivity index (χ0v) is 7.76. The SMILES string of the molecule is O=[N+]([O-])Nc1ccc(Cl)cc1C(F)(F)F. The molecule has 82 valence electrons. The molecule has 15 heavy (non-hydrogen) atoms. The highest BCUT2D eigenvalue weighted by Gasteiger charge is 2.34. The van der Waals surface area contributed by atoms with E-state index >= 15 is 0 Å². The average Bonchev–Trinajstić information content (AvgIpc) is 2.05. The minimum absolute atomic E-state index is 0.142. The van der Waals surface area contributed by atoms with Crippen molar-refractivity contribution in [2.45, 2.75) is 6.18 Å². The van der Waals surface area contributed by atoms with E-state index in [0.717, 1.165) is 12.1 Å². The van der Waals surface area contributed by atoms with Crippen LogP contribution in [0, 0.1) is 10.1 Å². The third-order valence-corrected chi connectivity index (χ3v) is 1.73. The summed E-state index contributed by atoms with van der Waals surface area (Å²) in [5.74, 6) is 0. The summed E-state index contributed by atoms with van der Waals surface area (Å²) in [5, 5.41) is 8.81. The van der Waals surface area contributed by atoms with Crippen LogP contribution in [-0.2, 0) is 6.18 Å². The van der Waals surface area contributed by atoms with Crippen LogP contribution in [0.5, 0.6) is 0 Å². The summed E-state index contributed by atoms with van der Waals surface area (Å²) in [5.41, 5.74) is -0.365. The maximum Gasteiger partial charge on any atom is 0.418 e. The molecule has 0 aliphatic heterocycles. The van der Waals surface area contributed by atoms with Gasteiger partial charge in [0, 0.05) is 5.02 Å². The van der Waals surface area contributed by atoms with Crippen molar-refractivity contribution in [1.82, 2.24) is 0 Å². The van der Waals surface area contributed by atoms with Gasteiger partial charge >= 0.3 is 6.18 Å². The first kappa shape index (κ1) is 11.6. The lowest BCUT2D eigenvalue weighted by Crippen LogP contribution is -2.14. The molecule has 1 N–H and O–H groups in total. The summed E-state index contributed by atoms with van der Waals surface area (Å²) >= 11 is 5.36. The maximum absolute atomic E-state index is 12.4. The van der Waals surface area contributed by atoms with Crippen molar-refractivity contribution in [3.8, 4) is 0 Å². The predicted octanol–water partition coefficient (Wildman–Crippen LogP) is 2.96. The number of nitrogens with zero attached hydrogens (tertiary/aromatic N) is 1. The van der Waals surface area contributed by atoms with Crippen LogP contribution in [0.4, 0.5) is 18.9 Å². The number of hydrogen-bond acceptors (Lipinski definition) is 2. The fourth-order valence-electron chi connectivity index (χ4n) is 0.947. The lowest BCUT2D eigenvalue weighted by atomic mass is 10.2. The van der Waals surface area contributed by atoms with Gasteiger partial charge in [-0.3, -0.25) is 0 Å². The monoisotopic (exact) mass is 240 g/mol. The van der Waals surface area contributed by atoms with Crippen molar-refractivity contribution in [2.75, 3.05) is 5.43 Å². The van der Waals surface area contributed by atoms with Gasteiger partial charge < -0.3 is 0 Å². The molecule has 0 aromatic heterocycles. The smallest absolute Gasteiger partial charge is 0.235 e. The van der Waals surface area contributed by atoms with Crippen molar-refractivity contribution in [3.63, 3.8) is 0 Å². The number of nitro groups is 1. The Balaban J connectivity index is 3.20. The van der Waals surface area contributed by atoms with E-state index in [2.05, 4.69) is 0 Å². The Bertz CT molecular complexity index is 394. The first-order valence-electron chi connectivity index (χ1n) is 3.58. The quantitative estimate of drug-likeness (QED) is 0.639. The Morgan fingerprint density at radius 2 is 2.00 bits per heavy atom. The van der Waals surface area contributed by atoms with E-state index < -0.39 is 22.5 Å². The van der Waals surface area contributed by atoms with Gasteiger partial charge in [0.05, 0.1) is 5.56 Å². The molecule has 0 aliphatic rings. The van der Waals surface area contributed by atoms with Crippen LogP contribution in [0.25, 0.3) is 0 Å². The van der Waals surface area contributed by atoms with Crippen LogP contribution in [0.1, 0.15) is 5.56 Å². The van der Waals surface area contributed by atoms with E-state index in [4.69, 9.17) is 11.6 Å². The maximum atomic E-state index is 12.4. The Morgan fingerprint density at radius 3 is 2.47 bits per heavy atom. The highest BCUT2D eigenvalue weighted by molar-refractivity contribution is 6.30. The molecular weight excluding hydrogens is 237 g/mol. The fraction of sp³-hybridized carbons (Fsp3) is 0.143. The van der Waals surface area contributed by atoms with Crippen molar-refractivity contribution >= 4 is 17.3 Å². The molecule has 0 aliphatic carbocycles. The second kappa shape index (κ2) is 3.93. The molecule has 0 heterocycles. The number of rotatable bonds is 2. The van der Waals surface area contributed by atoms with E-state index in [9.17, 15) is 23.3 Å². The van der Waals surface area contributed by atoms with Crippen LogP contribution >= 0.6 is 11.6 Å². The van der Waals surface area contributed by atoms with Gasteiger partial charge in [0.1, 0.15) is 5.69 Å². The molecule has 1 rings (SSSR count). The second-order valence-electron chi connectivity index (χ2n) is 2.56. The van der Waals surface area contributed by atoms with E-state index in [-0.39, 0.29) is 5.02 Å². The molecule has 0 spiro atoms. The third-order valence-electron chi connectivity index (χ3n) is 1.50. The van der Waals surface area contributed by atoms with Gasteiger partial charge in [-0.1, -0.05) is 11.6 Å². The van der Waals surface area contributed by atoms with E-state index in [1.165, 1.54) is 5.43 Å². The van der Waals surface area contributed by atoms with Gasteiger partial charge in [0.15, 0.2) is 5.03 Å². The zero-order valence-electron chi connectivity index (χ0n) is 7.01. The molecule has 1 aromatic carbocycles. The van der Waals surface area contributed by atoms with Crippen LogP contribution in [0.15, 0.2) is 18.2 Å². The van der Waals surface area contributed by atoms with Gasteiger partial charge in [-0.2, -0.15) is 13.2 Å². The summed E-state index contributed by atoms with van der Waals surface area (Å²) < 4.78 is 37.1. The summed E-state index contributed by atoms with van der Waals surface area (Å²) in [7, 11) is 0. The molecule has 8 heteroatoms. The van der Waals surface area contributed by atoms with Crippen molar-refractivity contribution in [1.29, 1.82) is 0 Å². The summed E-state index contributed by atoms with van der Waals surface area (Å²) in [4.78, 5) is 10.0. The van der Waals surface area contributed by atoms with Crippen LogP contribution < -0.4 is 5.43 Å². The van der Waals surface area contributed by atoms with E-state index in [0.29, 0.717) is 6.07 Å². The number of alkyl halides is 3. The highest BCUT2D eigenvalue weighted by Crippen LogP contribution is 2.36. The molecule has 0 bridgehead atoms. The van der Waals surface area contributed by atoms with Crippen molar-refractivity contribution in [2.24, 2.45) is 0 Å². The van der Waals surface area contributed by atoms with E-state index in [1.807, 2.05) is 0 Å². The zero-order chi connectivity index (χ0) is 11.6. The van der Waals surface area contributed by atoms with Gasteiger partial charge in [0.2, 0.25) is 0 Å². The summed E-state index contributed by atoms with van der Waals surface area (Å²) in [6.07, 6.45) is -4.69. The lowest BCUT2D eigenvalue weighted by Gasteiger charge is -2.10. The molecular formula is C7H4ClF3N2O2. The van der Waals surface area contributed by atoms with Crippen molar-refractivity contribution in [3.05, 3.63) is 38.9 Å². The van der Waals surface area contributed by atoms with E-state index in [1.54, 1.807) is 0 Å². The Morgan fingerprint density at radius 1 is 1.40 bits per heavy atom. The van der Waals surface area contributed by atoms with Crippen LogP contribution in [0.2, 0.25) is 5.02 Å².